The summed E-state index contributed by atoms with van der Waals surface area (Å²) in [7, 11) is 0. The Kier molecular flexibility index (Phi) is 4.05. The van der Waals surface area contributed by atoms with Crippen molar-refractivity contribution in [3.8, 4) is 5.75 Å². The summed E-state index contributed by atoms with van der Waals surface area (Å²) < 4.78 is 6.07. The lowest BCUT2D eigenvalue weighted by Gasteiger charge is -2.31. The van der Waals surface area contributed by atoms with Crippen LogP contribution in [0.3, 0.4) is 0 Å². The molecule has 0 fully saturated rings. The lowest BCUT2D eigenvalue weighted by atomic mass is 9.78. The van der Waals surface area contributed by atoms with Gasteiger partial charge >= 0.3 is 0 Å². The third kappa shape index (κ3) is 3.09. The molecule has 1 aromatic rings. The molecule has 0 aliphatic carbocycles. The second-order valence-electron chi connectivity index (χ2n) is 6.51. The van der Waals surface area contributed by atoms with Crippen molar-refractivity contribution in [2.75, 3.05) is 5.33 Å². The summed E-state index contributed by atoms with van der Waals surface area (Å²) in [6, 6.07) is 6.51. The molecule has 0 amide bonds. The van der Waals surface area contributed by atoms with Gasteiger partial charge in [0.2, 0.25) is 0 Å². The maximum atomic E-state index is 6.07. The first kappa shape index (κ1) is 13.9. The van der Waals surface area contributed by atoms with Gasteiger partial charge in [-0.25, -0.2) is 0 Å². The molecule has 0 radical (unpaired) electrons. The zero-order valence-corrected chi connectivity index (χ0v) is 13.4. The van der Waals surface area contributed by atoms with E-state index in [2.05, 4.69) is 61.8 Å². The molecule has 1 nitrogen and oxygen atoms in total. The molecule has 0 saturated heterocycles. The Morgan fingerprint density at radius 3 is 2.72 bits per heavy atom. The number of rotatable bonds is 3. The van der Waals surface area contributed by atoms with Crippen LogP contribution in [0.1, 0.15) is 38.3 Å². The Bertz CT molecular complexity index is 420. The van der Waals surface area contributed by atoms with E-state index >= 15 is 0 Å². The molecule has 0 aromatic heterocycles. The Balaban J connectivity index is 2.03. The minimum absolute atomic E-state index is 0.331. The minimum Gasteiger partial charge on any atom is -0.490 e. The summed E-state index contributed by atoms with van der Waals surface area (Å²) in [5.74, 6) is 1.74. The zero-order chi connectivity index (χ0) is 13.3. The van der Waals surface area contributed by atoms with Crippen LogP contribution in [0.2, 0.25) is 0 Å². The molecule has 1 aliphatic heterocycles. The Hall–Kier alpha value is -0.500. The first-order valence-corrected chi connectivity index (χ1v) is 7.84. The molecular formula is C16H23BrO. The van der Waals surface area contributed by atoms with Crippen LogP contribution in [0.5, 0.6) is 5.75 Å². The summed E-state index contributed by atoms with van der Waals surface area (Å²) in [6.07, 6.45) is 2.54. The molecule has 2 rings (SSSR count). The number of halogens is 1. The standard InChI is InChI=1S/C16H23BrO/c1-11-5-6-15-12(7-11)8-14(18-15)9-13(10-17)16(2,3)4/h5-7,13-14H,8-10H2,1-4H3. The summed E-state index contributed by atoms with van der Waals surface area (Å²) in [4.78, 5) is 0. The highest BCUT2D eigenvalue weighted by atomic mass is 79.9. The van der Waals surface area contributed by atoms with Crippen LogP contribution in [0.4, 0.5) is 0 Å². The molecule has 18 heavy (non-hydrogen) atoms. The van der Waals surface area contributed by atoms with E-state index in [0.717, 1.165) is 23.9 Å². The molecule has 0 saturated carbocycles. The maximum absolute atomic E-state index is 6.07. The molecule has 2 atom stereocenters. The molecule has 0 bridgehead atoms. The van der Waals surface area contributed by atoms with E-state index in [1.165, 1.54) is 11.1 Å². The molecule has 1 heterocycles. The van der Waals surface area contributed by atoms with E-state index in [1.807, 2.05) is 0 Å². The van der Waals surface area contributed by atoms with Crippen molar-refractivity contribution < 1.29 is 4.74 Å². The summed E-state index contributed by atoms with van der Waals surface area (Å²) in [5.41, 5.74) is 3.03. The fourth-order valence-electron chi connectivity index (χ4n) is 2.55. The highest BCUT2D eigenvalue weighted by Gasteiger charge is 2.30. The minimum atomic E-state index is 0.331. The van der Waals surface area contributed by atoms with Gasteiger partial charge in [0, 0.05) is 11.8 Å². The van der Waals surface area contributed by atoms with Crippen molar-refractivity contribution >= 4 is 15.9 Å². The van der Waals surface area contributed by atoms with Gasteiger partial charge in [-0.1, -0.05) is 54.4 Å². The highest BCUT2D eigenvalue weighted by molar-refractivity contribution is 9.09. The first-order valence-electron chi connectivity index (χ1n) is 6.72. The molecule has 0 spiro atoms. The maximum Gasteiger partial charge on any atom is 0.123 e. The SMILES string of the molecule is Cc1ccc2c(c1)CC(CC(CBr)C(C)(C)C)O2. The molecule has 1 aromatic carbocycles. The summed E-state index contributed by atoms with van der Waals surface area (Å²) >= 11 is 3.65. The van der Waals surface area contributed by atoms with E-state index in [9.17, 15) is 0 Å². The van der Waals surface area contributed by atoms with E-state index in [1.54, 1.807) is 0 Å². The fraction of sp³-hybridized carbons (Fsp3) is 0.625. The van der Waals surface area contributed by atoms with Crippen LogP contribution >= 0.6 is 15.9 Å². The average Bonchev–Trinajstić information content (AvgIpc) is 2.65. The van der Waals surface area contributed by atoms with Crippen LogP contribution in [0.25, 0.3) is 0 Å². The Morgan fingerprint density at radius 1 is 1.39 bits per heavy atom. The Morgan fingerprint density at radius 2 is 2.11 bits per heavy atom. The quantitative estimate of drug-likeness (QED) is 0.732. The van der Waals surface area contributed by atoms with Crippen LogP contribution < -0.4 is 4.74 Å². The van der Waals surface area contributed by atoms with Crippen molar-refractivity contribution in [1.29, 1.82) is 0 Å². The third-order valence-electron chi connectivity index (χ3n) is 3.92. The number of alkyl halides is 1. The van der Waals surface area contributed by atoms with Gasteiger partial charge in [0.25, 0.3) is 0 Å². The van der Waals surface area contributed by atoms with Crippen LogP contribution in [-0.2, 0) is 6.42 Å². The van der Waals surface area contributed by atoms with E-state index < -0.39 is 0 Å². The van der Waals surface area contributed by atoms with E-state index in [4.69, 9.17) is 4.74 Å². The van der Waals surface area contributed by atoms with Crippen molar-refractivity contribution in [2.45, 2.75) is 46.6 Å². The monoisotopic (exact) mass is 310 g/mol. The summed E-state index contributed by atoms with van der Waals surface area (Å²) in [6.45, 7) is 9.07. The zero-order valence-electron chi connectivity index (χ0n) is 11.8. The van der Waals surface area contributed by atoms with Gasteiger partial charge in [-0.2, -0.15) is 0 Å². The van der Waals surface area contributed by atoms with Crippen LogP contribution in [0.15, 0.2) is 18.2 Å². The van der Waals surface area contributed by atoms with E-state index in [-0.39, 0.29) is 0 Å². The van der Waals surface area contributed by atoms with Crippen LogP contribution in [0, 0.1) is 18.3 Å². The lowest BCUT2D eigenvalue weighted by molar-refractivity contribution is 0.150. The lowest BCUT2D eigenvalue weighted by Crippen LogP contribution is -2.28. The van der Waals surface area contributed by atoms with Gasteiger partial charge in [-0.15, -0.1) is 0 Å². The number of fused-ring (bicyclic) bond motifs is 1. The highest BCUT2D eigenvalue weighted by Crippen LogP contribution is 2.37. The van der Waals surface area contributed by atoms with Gasteiger partial charge in [0.1, 0.15) is 11.9 Å². The van der Waals surface area contributed by atoms with Crippen molar-refractivity contribution in [3.05, 3.63) is 29.3 Å². The van der Waals surface area contributed by atoms with Gasteiger partial charge < -0.3 is 4.74 Å². The fourth-order valence-corrected chi connectivity index (χ4v) is 3.78. The second kappa shape index (κ2) is 5.24. The van der Waals surface area contributed by atoms with Crippen molar-refractivity contribution in [2.24, 2.45) is 11.3 Å². The number of ether oxygens (including phenoxy) is 1. The summed E-state index contributed by atoms with van der Waals surface area (Å²) in [5, 5.41) is 1.05. The van der Waals surface area contributed by atoms with Crippen molar-refractivity contribution in [1.82, 2.24) is 0 Å². The second-order valence-corrected chi connectivity index (χ2v) is 7.16. The Labute approximate surface area is 119 Å². The molecule has 2 unspecified atom stereocenters. The third-order valence-corrected chi connectivity index (χ3v) is 4.70. The molecular weight excluding hydrogens is 288 g/mol. The molecule has 2 heteroatoms. The predicted molar refractivity (Wildman–Crippen MR) is 80.7 cm³/mol. The molecule has 0 N–H and O–H groups in total. The molecule has 1 aliphatic rings. The number of hydrogen-bond donors (Lipinski definition) is 0. The first-order chi connectivity index (χ1) is 8.40. The van der Waals surface area contributed by atoms with Gasteiger partial charge in [0.15, 0.2) is 0 Å². The topological polar surface area (TPSA) is 9.23 Å². The van der Waals surface area contributed by atoms with Crippen molar-refractivity contribution in [3.63, 3.8) is 0 Å². The number of aryl methyl sites for hydroxylation is 1. The van der Waals surface area contributed by atoms with Gasteiger partial charge in [-0.05, 0) is 36.3 Å². The average molecular weight is 311 g/mol. The van der Waals surface area contributed by atoms with E-state index in [0.29, 0.717) is 17.4 Å². The largest absolute Gasteiger partial charge is 0.490 e. The predicted octanol–water partition coefficient (Wildman–Crippen LogP) is 4.75. The van der Waals surface area contributed by atoms with Gasteiger partial charge in [0.05, 0.1) is 0 Å². The number of benzene rings is 1. The van der Waals surface area contributed by atoms with Gasteiger partial charge in [-0.3, -0.25) is 0 Å². The number of hydrogen-bond acceptors (Lipinski definition) is 1. The van der Waals surface area contributed by atoms with Crippen LogP contribution in [-0.4, -0.2) is 11.4 Å². The smallest absolute Gasteiger partial charge is 0.123 e. The normalized spacial score (nSPS) is 20.4. The molecule has 100 valence electrons.